The van der Waals surface area contributed by atoms with Gasteiger partial charge in [0.25, 0.3) is 0 Å². The molecule has 6 heteroatoms. The fourth-order valence-corrected chi connectivity index (χ4v) is 2.92. The summed E-state index contributed by atoms with van der Waals surface area (Å²) in [6.45, 7) is 6.16. The second kappa shape index (κ2) is 8.31. The van der Waals surface area contributed by atoms with Gasteiger partial charge in [0.15, 0.2) is 10.7 Å². The lowest BCUT2D eigenvalue weighted by atomic mass is 9.98. The minimum Gasteiger partial charge on any atom is -0.436 e. The highest BCUT2D eigenvalue weighted by Crippen LogP contribution is 2.28. The molecule has 0 radical (unpaired) electrons. The summed E-state index contributed by atoms with van der Waals surface area (Å²) in [6.07, 6.45) is 1.47. The average molecular weight is 382 g/mol. The normalized spacial score (nSPS) is 12.0. The van der Waals surface area contributed by atoms with Crippen LogP contribution in [0.4, 0.5) is 5.69 Å². The molecule has 0 saturated heterocycles. The number of nitrogens with one attached hydrogen (secondary N) is 2. The molecule has 1 heterocycles. The van der Waals surface area contributed by atoms with Gasteiger partial charge >= 0.3 is 0 Å². The first-order valence-electron chi connectivity index (χ1n) is 9.12. The molecule has 140 valence electrons. The molecule has 3 aromatic rings. The van der Waals surface area contributed by atoms with E-state index < -0.39 is 0 Å². The molecule has 0 unspecified atom stereocenters. The van der Waals surface area contributed by atoms with Gasteiger partial charge in [0.1, 0.15) is 5.52 Å². The van der Waals surface area contributed by atoms with E-state index in [0.717, 1.165) is 28.8 Å². The van der Waals surface area contributed by atoms with E-state index in [1.807, 2.05) is 30.3 Å². The standard InChI is InChI=1S/C21H23N3O2S/c1-4-13(3)15-8-11-18-17(12-15)23-20(26-18)14-6-9-16(10-7-14)22-21(27)24-19(25)5-2/h6-13H,4-5H2,1-3H3,(H2,22,24,25,27)/t13-/m1/s1. The van der Waals surface area contributed by atoms with Crippen LogP contribution < -0.4 is 10.6 Å². The van der Waals surface area contributed by atoms with E-state index in [2.05, 4.69) is 41.6 Å². The van der Waals surface area contributed by atoms with Crippen molar-refractivity contribution in [2.24, 2.45) is 0 Å². The van der Waals surface area contributed by atoms with Crippen molar-refractivity contribution in [2.45, 2.75) is 39.5 Å². The molecule has 1 aromatic heterocycles. The zero-order valence-corrected chi connectivity index (χ0v) is 16.5. The molecule has 2 N–H and O–H groups in total. The number of fused-ring (bicyclic) bond motifs is 1. The Morgan fingerprint density at radius 2 is 1.93 bits per heavy atom. The lowest BCUT2D eigenvalue weighted by Crippen LogP contribution is -2.33. The highest BCUT2D eigenvalue weighted by molar-refractivity contribution is 7.80. The maximum absolute atomic E-state index is 11.4. The van der Waals surface area contributed by atoms with Crippen LogP contribution >= 0.6 is 12.2 Å². The number of carbonyl (C=O) groups excluding carboxylic acids is 1. The third-order valence-electron chi connectivity index (χ3n) is 4.56. The van der Waals surface area contributed by atoms with E-state index in [4.69, 9.17) is 16.6 Å². The van der Waals surface area contributed by atoms with Gasteiger partial charge in [0.2, 0.25) is 11.8 Å². The fourth-order valence-electron chi connectivity index (χ4n) is 2.68. The van der Waals surface area contributed by atoms with Gasteiger partial charge in [-0.3, -0.25) is 4.79 Å². The number of oxazole rings is 1. The molecule has 1 atom stereocenters. The number of thiocarbonyl (C=S) groups is 1. The number of hydrogen-bond acceptors (Lipinski definition) is 4. The van der Waals surface area contributed by atoms with Gasteiger partial charge in [-0.1, -0.05) is 26.8 Å². The van der Waals surface area contributed by atoms with E-state index >= 15 is 0 Å². The van der Waals surface area contributed by atoms with E-state index in [1.165, 1.54) is 5.56 Å². The van der Waals surface area contributed by atoms with E-state index in [1.54, 1.807) is 6.92 Å². The van der Waals surface area contributed by atoms with Crippen molar-refractivity contribution in [1.29, 1.82) is 0 Å². The van der Waals surface area contributed by atoms with Crippen LogP contribution in [0.3, 0.4) is 0 Å². The molecular weight excluding hydrogens is 358 g/mol. The largest absolute Gasteiger partial charge is 0.436 e. The molecular formula is C21H23N3O2S. The number of aromatic nitrogens is 1. The summed E-state index contributed by atoms with van der Waals surface area (Å²) in [7, 11) is 0. The van der Waals surface area contributed by atoms with Crippen LogP contribution in [0, 0.1) is 0 Å². The number of carbonyl (C=O) groups is 1. The first-order chi connectivity index (χ1) is 13.0. The summed E-state index contributed by atoms with van der Waals surface area (Å²) < 4.78 is 5.90. The summed E-state index contributed by atoms with van der Waals surface area (Å²) in [6, 6.07) is 13.8. The van der Waals surface area contributed by atoms with Crippen LogP contribution in [0.2, 0.25) is 0 Å². The molecule has 0 saturated carbocycles. The highest BCUT2D eigenvalue weighted by atomic mass is 32.1. The second-order valence-electron chi connectivity index (χ2n) is 6.49. The number of hydrogen-bond donors (Lipinski definition) is 2. The smallest absolute Gasteiger partial charge is 0.227 e. The Morgan fingerprint density at radius 3 is 2.59 bits per heavy atom. The van der Waals surface area contributed by atoms with Crippen LogP contribution in [0.15, 0.2) is 46.9 Å². The van der Waals surface area contributed by atoms with Crippen LogP contribution in [0.5, 0.6) is 0 Å². The van der Waals surface area contributed by atoms with E-state index in [9.17, 15) is 4.79 Å². The van der Waals surface area contributed by atoms with E-state index in [0.29, 0.717) is 18.2 Å². The van der Waals surface area contributed by atoms with Crippen LogP contribution in [-0.2, 0) is 4.79 Å². The van der Waals surface area contributed by atoms with Crippen LogP contribution in [-0.4, -0.2) is 16.0 Å². The Bertz CT molecular complexity index is 963. The van der Waals surface area contributed by atoms with Crippen LogP contribution in [0.1, 0.15) is 45.1 Å². The predicted octanol–water partition coefficient (Wildman–Crippen LogP) is 5.23. The minimum atomic E-state index is -0.118. The Balaban J connectivity index is 1.76. The number of benzene rings is 2. The zero-order valence-electron chi connectivity index (χ0n) is 15.7. The third-order valence-corrected chi connectivity index (χ3v) is 4.76. The molecule has 5 nitrogen and oxygen atoms in total. The Labute approximate surface area is 164 Å². The zero-order chi connectivity index (χ0) is 19.4. The topological polar surface area (TPSA) is 67.2 Å². The molecule has 1 amide bonds. The Morgan fingerprint density at radius 1 is 1.19 bits per heavy atom. The maximum Gasteiger partial charge on any atom is 0.227 e. The molecule has 2 aromatic carbocycles. The van der Waals surface area contributed by atoms with Gasteiger partial charge in [-0.05, 0) is 66.5 Å². The quantitative estimate of drug-likeness (QED) is 0.592. The molecule has 0 fully saturated rings. The van der Waals surface area contributed by atoms with E-state index in [-0.39, 0.29) is 11.0 Å². The van der Waals surface area contributed by atoms with Gasteiger partial charge in [-0.2, -0.15) is 0 Å². The molecule has 0 spiro atoms. The van der Waals surface area contributed by atoms with Crippen molar-refractivity contribution in [3.05, 3.63) is 48.0 Å². The van der Waals surface area contributed by atoms with Gasteiger partial charge < -0.3 is 15.1 Å². The van der Waals surface area contributed by atoms with Crippen molar-refractivity contribution >= 4 is 40.0 Å². The van der Waals surface area contributed by atoms with Crippen molar-refractivity contribution in [3.8, 4) is 11.5 Å². The van der Waals surface area contributed by atoms with Gasteiger partial charge in [0, 0.05) is 17.7 Å². The summed E-state index contributed by atoms with van der Waals surface area (Å²) in [4.78, 5) is 16.0. The number of anilines is 1. The Hall–Kier alpha value is -2.73. The molecule has 0 bridgehead atoms. The maximum atomic E-state index is 11.4. The molecule has 0 aliphatic heterocycles. The molecule has 0 aliphatic carbocycles. The van der Waals surface area contributed by atoms with Crippen molar-refractivity contribution in [2.75, 3.05) is 5.32 Å². The van der Waals surface area contributed by atoms with Gasteiger partial charge in [-0.25, -0.2) is 4.98 Å². The molecule has 3 rings (SSSR count). The minimum absolute atomic E-state index is 0.118. The Kier molecular flexibility index (Phi) is 5.86. The molecule has 0 aliphatic rings. The summed E-state index contributed by atoms with van der Waals surface area (Å²) in [5.74, 6) is 0.962. The highest BCUT2D eigenvalue weighted by Gasteiger charge is 2.11. The lowest BCUT2D eigenvalue weighted by molar-refractivity contribution is -0.119. The number of rotatable bonds is 5. The fraction of sp³-hybridized carbons (Fsp3) is 0.286. The number of nitrogens with zero attached hydrogens (tertiary/aromatic N) is 1. The number of amides is 1. The summed E-state index contributed by atoms with van der Waals surface area (Å²) in [5.41, 5.74) is 4.59. The van der Waals surface area contributed by atoms with Crippen molar-refractivity contribution in [1.82, 2.24) is 10.3 Å². The van der Waals surface area contributed by atoms with Crippen molar-refractivity contribution < 1.29 is 9.21 Å². The first-order valence-corrected chi connectivity index (χ1v) is 9.52. The molecule has 27 heavy (non-hydrogen) atoms. The third kappa shape index (κ3) is 4.52. The summed E-state index contributed by atoms with van der Waals surface area (Å²) >= 11 is 5.12. The average Bonchev–Trinajstić information content (AvgIpc) is 3.10. The monoisotopic (exact) mass is 381 g/mol. The lowest BCUT2D eigenvalue weighted by Gasteiger charge is -2.08. The van der Waals surface area contributed by atoms with Crippen LogP contribution in [0.25, 0.3) is 22.6 Å². The van der Waals surface area contributed by atoms with Crippen molar-refractivity contribution in [3.63, 3.8) is 0 Å². The summed E-state index contributed by atoms with van der Waals surface area (Å²) in [5, 5.41) is 5.89. The first kappa shape index (κ1) is 19.0. The van der Waals surface area contributed by atoms with Gasteiger partial charge in [0.05, 0.1) is 0 Å². The SMILES string of the molecule is CCC(=O)NC(=S)Nc1ccc(-c2nc3cc([C@H](C)CC)ccc3o2)cc1. The van der Waals surface area contributed by atoms with Gasteiger partial charge in [-0.15, -0.1) is 0 Å². The second-order valence-corrected chi connectivity index (χ2v) is 6.90. The predicted molar refractivity (Wildman–Crippen MR) is 113 cm³/mol.